The van der Waals surface area contributed by atoms with Gasteiger partial charge in [0.15, 0.2) is 0 Å². The lowest BCUT2D eigenvalue weighted by atomic mass is 10.2. The molecule has 1 aliphatic heterocycles. The summed E-state index contributed by atoms with van der Waals surface area (Å²) in [6.07, 6.45) is 0.513. The van der Waals surface area contributed by atoms with Crippen LogP contribution in [0.25, 0.3) is 0 Å². The number of benzene rings is 1. The van der Waals surface area contributed by atoms with Gasteiger partial charge in [0.25, 0.3) is 0 Å². The Kier molecular flexibility index (Phi) is 5.44. The Morgan fingerprint density at radius 1 is 1.14 bits per heavy atom. The standard InChI is InChI=1S/C15H20ClN3O2/c1-2-14(20)18-7-9-19(10-8-18)15(21)17-11-12-5-3-4-6-13(12)16/h3-6H,2,7-11H2,1H3,(H,17,21). The minimum Gasteiger partial charge on any atom is -0.339 e. The number of halogens is 1. The molecule has 5 nitrogen and oxygen atoms in total. The van der Waals surface area contributed by atoms with Crippen molar-refractivity contribution in [2.24, 2.45) is 0 Å². The van der Waals surface area contributed by atoms with E-state index < -0.39 is 0 Å². The molecule has 0 spiro atoms. The van der Waals surface area contributed by atoms with E-state index in [-0.39, 0.29) is 11.9 Å². The highest BCUT2D eigenvalue weighted by atomic mass is 35.5. The minimum atomic E-state index is -0.112. The molecule has 1 N–H and O–H groups in total. The highest BCUT2D eigenvalue weighted by molar-refractivity contribution is 6.31. The van der Waals surface area contributed by atoms with E-state index >= 15 is 0 Å². The normalized spacial score (nSPS) is 15.0. The van der Waals surface area contributed by atoms with E-state index in [1.54, 1.807) is 15.9 Å². The van der Waals surface area contributed by atoms with E-state index in [0.717, 1.165) is 5.56 Å². The van der Waals surface area contributed by atoms with Crippen LogP contribution >= 0.6 is 11.6 Å². The van der Waals surface area contributed by atoms with E-state index in [2.05, 4.69) is 5.32 Å². The fourth-order valence-electron chi connectivity index (χ4n) is 2.31. The summed E-state index contributed by atoms with van der Waals surface area (Å²) in [5, 5.41) is 3.52. The molecule has 1 aliphatic rings. The zero-order valence-electron chi connectivity index (χ0n) is 12.1. The fraction of sp³-hybridized carbons (Fsp3) is 0.467. The van der Waals surface area contributed by atoms with Crippen LogP contribution in [-0.2, 0) is 11.3 Å². The maximum atomic E-state index is 12.1. The number of amides is 3. The lowest BCUT2D eigenvalue weighted by Crippen LogP contribution is -2.52. The summed E-state index contributed by atoms with van der Waals surface area (Å²) in [5.41, 5.74) is 0.896. The molecule has 0 unspecified atom stereocenters. The molecule has 1 aromatic rings. The van der Waals surface area contributed by atoms with Gasteiger partial charge in [-0.2, -0.15) is 0 Å². The number of carbonyl (C=O) groups excluding carboxylic acids is 2. The van der Waals surface area contributed by atoms with E-state index in [4.69, 9.17) is 11.6 Å². The number of rotatable bonds is 3. The van der Waals surface area contributed by atoms with Gasteiger partial charge in [0, 0.05) is 44.2 Å². The Balaban J connectivity index is 1.80. The predicted molar refractivity (Wildman–Crippen MR) is 82.1 cm³/mol. The van der Waals surface area contributed by atoms with Gasteiger partial charge in [-0.1, -0.05) is 36.7 Å². The second kappa shape index (κ2) is 7.31. The number of urea groups is 1. The topological polar surface area (TPSA) is 52.7 Å². The Bertz CT molecular complexity index is 513. The van der Waals surface area contributed by atoms with Crippen LogP contribution in [0.3, 0.4) is 0 Å². The van der Waals surface area contributed by atoms with E-state index in [0.29, 0.717) is 44.2 Å². The zero-order chi connectivity index (χ0) is 15.2. The molecular weight excluding hydrogens is 290 g/mol. The number of nitrogens with zero attached hydrogens (tertiary/aromatic N) is 2. The molecule has 1 heterocycles. The van der Waals surface area contributed by atoms with Crippen molar-refractivity contribution in [3.05, 3.63) is 34.9 Å². The number of carbonyl (C=O) groups is 2. The quantitative estimate of drug-likeness (QED) is 0.929. The summed E-state index contributed by atoms with van der Waals surface area (Å²) >= 11 is 6.05. The first kappa shape index (κ1) is 15.6. The monoisotopic (exact) mass is 309 g/mol. The van der Waals surface area contributed by atoms with Crippen LogP contribution in [0.5, 0.6) is 0 Å². The Morgan fingerprint density at radius 3 is 2.38 bits per heavy atom. The van der Waals surface area contributed by atoms with Crippen molar-refractivity contribution in [3.63, 3.8) is 0 Å². The number of nitrogens with one attached hydrogen (secondary N) is 1. The van der Waals surface area contributed by atoms with Crippen LogP contribution in [0.2, 0.25) is 5.02 Å². The molecule has 0 saturated carbocycles. The smallest absolute Gasteiger partial charge is 0.317 e. The van der Waals surface area contributed by atoms with Gasteiger partial charge in [0.2, 0.25) is 5.91 Å². The van der Waals surface area contributed by atoms with E-state index in [9.17, 15) is 9.59 Å². The number of piperazine rings is 1. The van der Waals surface area contributed by atoms with Crippen molar-refractivity contribution in [3.8, 4) is 0 Å². The highest BCUT2D eigenvalue weighted by Crippen LogP contribution is 2.14. The van der Waals surface area contributed by atoms with Gasteiger partial charge < -0.3 is 15.1 Å². The van der Waals surface area contributed by atoms with E-state index in [1.165, 1.54) is 0 Å². The van der Waals surface area contributed by atoms with Crippen molar-refractivity contribution in [2.45, 2.75) is 19.9 Å². The van der Waals surface area contributed by atoms with Crippen molar-refractivity contribution in [2.75, 3.05) is 26.2 Å². The Hall–Kier alpha value is -1.75. The summed E-state index contributed by atoms with van der Waals surface area (Å²) in [6.45, 7) is 4.61. The van der Waals surface area contributed by atoms with Crippen LogP contribution < -0.4 is 5.32 Å². The van der Waals surface area contributed by atoms with Crippen molar-refractivity contribution in [1.29, 1.82) is 0 Å². The SMILES string of the molecule is CCC(=O)N1CCN(C(=O)NCc2ccccc2Cl)CC1. The second-order valence-electron chi connectivity index (χ2n) is 4.97. The number of hydrogen-bond acceptors (Lipinski definition) is 2. The van der Waals surface area contributed by atoms with Crippen LogP contribution in [0.1, 0.15) is 18.9 Å². The Morgan fingerprint density at radius 2 is 1.76 bits per heavy atom. The van der Waals surface area contributed by atoms with Gasteiger partial charge >= 0.3 is 6.03 Å². The van der Waals surface area contributed by atoms with Gasteiger partial charge in [0.1, 0.15) is 0 Å². The third-order valence-electron chi connectivity index (χ3n) is 3.61. The molecule has 3 amide bonds. The lowest BCUT2D eigenvalue weighted by molar-refractivity contribution is -0.132. The minimum absolute atomic E-state index is 0.112. The highest BCUT2D eigenvalue weighted by Gasteiger charge is 2.22. The molecule has 114 valence electrons. The molecule has 0 atom stereocenters. The molecule has 1 aromatic carbocycles. The van der Waals surface area contributed by atoms with Crippen LogP contribution in [0, 0.1) is 0 Å². The first-order chi connectivity index (χ1) is 10.1. The van der Waals surface area contributed by atoms with Gasteiger partial charge in [-0.3, -0.25) is 4.79 Å². The molecule has 0 bridgehead atoms. The lowest BCUT2D eigenvalue weighted by Gasteiger charge is -2.34. The summed E-state index contributed by atoms with van der Waals surface area (Å²) in [6, 6.07) is 7.33. The molecule has 0 radical (unpaired) electrons. The maximum absolute atomic E-state index is 12.1. The third kappa shape index (κ3) is 4.11. The van der Waals surface area contributed by atoms with Crippen LogP contribution in [-0.4, -0.2) is 47.9 Å². The molecule has 6 heteroatoms. The molecule has 21 heavy (non-hydrogen) atoms. The predicted octanol–water partition coefficient (Wildman–Crippen LogP) is 2.10. The summed E-state index contributed by atoms with van der Waals surface area (Å²) < 4.78 is 0. The van der Waals surface area contributed by atoms with Gasteiger partial charge in [-0.25, -0.2) is 4.79 Å². The van der Waals surface area contributed by atoms with Crippen molar-refractivity contribution < 1.29 is 9.59 Å². The van der Waals surface area contributed by atoms with Gasteiger partial charge in [-0.05, 0) is 11.6 Å². The van der Waals surface area contributed by atoms with Crippen molar-refractivity contribution >= 4 is 23.5 Å². The molecule has 1 fully saturated rings. The molecule has 0 aliphatic carbocycles. The molecule has 2 rings (SSSR count). The average molecular weight is 310 g/mol. The van der Waals surface area contributed by atoms with Gasteiger partial charge in [0.05, 0.1) is 0 Å². The molecule has 0 aromatic heterocycles. The first-order valence-electron chi connectivity index (χ1n) is 7.15. The maximum Gasteiger partial charge on any atom is 0.317 e. The largest absolute Gasteiger partial charge is 0.339 e. The Labute approximate surface area is 129 Å². The second-order valence-corrected chi connectivity index (χ2v) is 5.38. The number of hydrogen-bond donors (Lipinski definition) is 1. The van der Waals surface area contributed by atoms with E-state index in [1.807, 2.05) is 25.1 Å². The first-order valence-corrected chi connectivity index (χ1v) is 7.53. The summed E-state index contributed by atoms with van der Waals surface area (Å²) in [7, 11) is 0. The van der Waals surface area contributed by atoms with Crippen molar-refractivity contribution in [1.82, 2.24) is 15.1 Å². The molecular formula is C15H20ClN3O2. The summed E-state index contributed by atoms with van der Waals surface area (Å²) in [5.74, 6) is 0.145. The van der Waals surface area contributed by atoms with Gasteiger partial charge in [-0.15, -0.1) is 0 Å². The zero-order valence-corrected chi connectivity index (χ0v) is 12.9. The van der Waals surface area contributed by atoms with Crippen LogP contribution in [0.15, 0.2) is 24.3 Å². The van der Waals surface area contributed by atoms with Crippen LogP contribution in [0.4, 0.5) is 4.79 Å². The molecule has 1 saturated heterocycles. The summed E-state index contributed by atoms with van der Waals surface area (Å²) in [4.78, 5) is 27.2. The fourth-order valence-corrected chi connectivity index (χ4v) is 2.51. The third-order valence-corrected chi connectivity index (χ3v) is 3.98. The average Bonchev–Trinajstić information content (AvgIpc) is 2.53.